The van der Waals surface area contributed by atoms with Gasteiger partial charge in [-0.1, -0.05) is 28.8 Å². The average molecular weight is 891 g/mol. The minimum Gasteiger partial charge on any atom is -0.508 e. The van der Waals surface area contributed by atoms with Gasteiger partial charge in [-0.2, -0.15) is 0 Å². The molecule has 3 aromatic carbocycles. The molecule has 2 fully saturated rings. The first-order valence-electron chi connectivity index (χ1n) is 18.8. The number of thiocarbonyl (C=S) groups is 1. The van der Waals surface area contributed by atoms with Gasteiger partial charge in [-0.3, -0.25) is 9.13 Å². The molecule has 0 aliphatic carbocycles. The average Bonchev–Trinajstić information content (AvgIpc) is 3.80. The second-order valence-corrected chi connectivity index (χ2v) is 24.1. The molecule has 0 radical (unpaired) electrons. The Bertz CT molecular complexity index is 2130. The normalized spacial score (nSPS) is 26.2. The standard InChI is InChI=1S/C36H46B2N4O11P2S3/c1-18(2)41-54(46,57-3)48-17-31-27(15-33(38)52-31)42-55(47,58-4)49-16-30-26(14-32(37)51-30)40-35(56)39-19-5-8-23-22(11-19)34(45)53-36(23)24-9-6-20(43)12-28(24)50-29-13-21(44)7-10-25(29)36/h5-13,18,26-27,30-33,43-44H,14-17,37-38H2,1-4H3,(H,41,46)(H,42,47)(H2,39,40,56). The molecule has 310 valence electrons. The summed E-state index contributed by atoms with van der Waals surface area (Å²) in [5, 5.41) is 33.4. The third-order valence-corrected chi connectivity index (χ3v) is 18.1. The third kappa shape index (κ3) is 8.99. The van der Waals surface area contributed by atoms with Crippen LogP contribution in [0.3, 0.4) is 0 Å². The zero-order chi connectivity index (χ0) is 41.6. The molecule has 3 aromatic rings. The van der Waals surface area contributed by atoms with Gasteiger partial charge in [0.25, 0.3) is 0 Å². The fraction of sp³-hybridized carbons (Fsp3) is 0.444. The number of benzene rings is 3. The highest BCUT2D eigenvalue weighted by atomic mass is 32.7. The summed E-state index contributed by atoms with van der Waals surface area (Å²) in [5.41, 5.74) is 1.06. The predicted molar refractivity (Wildman–Crippen MR) is 234 cm³/mol. The maximum Gasteiger partial charge on any atom is 0.340 e. The summed E-state index contributed by atoms with van der Waals surface area (Å²) in [6.07, 6.45) is 3.62. The van der Waals surface area contributed by atoms with Gasteiger partial charge in [-0.15, -0.1) is 0 Å². The second-order valence-electron chi connectivity index (χ2n) is 14.9. The molecule has 22 heteroatoms. The summed E-state index contributed by atoms with van der Waals surface area (Å²) in [6, 6.07) is 13.5. The summed E-state index contributed by atoms with van der Waals surface area (Å²) in [5.74, 6) is -0.0502. The number of carbonyl (C=O) groups is 1. The van der Waals surface area contributed by atoms with Crippen LogP contribution in [0.2, 0.25) is 0 Å². The molecule has 6 N–H and O–H groups in total. The molecule has 7 rings (SSSR count). The highest BCUT2D eigenvalue weighted by molar-refractivity contribution is 8.56. The van der Waals surface area contributed by atoms with E-state index in [-0.39, 0.29) is 71.5 Å². The van der Waals surface area contributed by atoms with Gasteiger partial charge < -0.3 is 48.8 Å². The van der Waals surface area contributed by atoms with E-state index >= 15 is 0 Å². The zero-order valence-corrected chi connectivity index (χ0v) is 37.0. The molecular formula is C36H46B2N4O11P2S3. The first kappa shape index (κ1) is 43.4. The minimum atomic E-state index is -3.46. The molecule has 0 amide bonds. The first-order valence-corrected chi connectivity index (χ1v) is 26.1. The van der Waals surface area contributed by atoms with Crippen LogP contribution in [0.5, 0.6) is 23.0 Å². The maximum absolute atomic E-state index is 14.1. The van der Waals surface area contributed by atoms with Crippen molar-refractivity contribution in [1.29, 1.82) is 0 Å². The van der Waals surface area contributed by atoms with Crippen LogP contribution in [0.15, 0.2) is 54.6 Å². The van der Waals surface area contributed by atoms with Crippen LogP contribution in [0.4, 0.5) is 5.69 Å². The topological polar surface area (TPSA) is 195 Å². The fourth-order valence-corrected chi connectivity index (χ4v) is 13.3. The van der Waals surface area contributed by atoms with E-state index in [4.69, 9.17) is 40.2 Å². The molecule has 15 nitrogen and oxygen atoms in total. The van der Waals surface area contributed by atoms with Crippen molar-refractivity contribution < 1.29 is 52.1 Å². The van der Waals surface area contributed by atoms with Crippen molar-refractivity contribution in [3.63, 3.8) is 0 Å². The molecular weight excluding hydrogens is 844 g/mol. The lowest BCUT2D eigenvalue weighted by molar-refractivity contribution is 0.0224. The SMILES string of the molecule is BC1CC(NC(=S)Nc2ccc3c(c2)C(=O)OC32c3ccc(O)cc3Oc3cc(O)ccc32)C(COP(=O)(NC2CC(B)OC2COP(=O)(NC(C)C)SC)SC)O1. The van der Waals surface area contributed by atoms with E-state index in [0.717, 1.165) is 22.8 Å². The van der Waals surface area contributed by atoms with E-state index in [9.17, 15) is 24.1 Å². The Labute approximate surface area is 352 Å². The van der Waals surface area contributed by atoms with Gasteiger partial charge in [-0.05, 0) is 87.8 Å². The van der Waals surface area contributed by atoms with Gasteiger partial charge in [0.15, 0.2) is 10.7 Å². The Hall–Kier alpha value is -2.73. The van der Waals surface area contributed by atoms with Crippen molar-refractivity contribution in [2.45, 2.75) is 74.6 Å². The van der Waals surface area contributed by atoms with Gasteiger partial charge >= 0.3 is 19.4 Å². The number of carbonyl (C=O) groups excluding carboxylic acids is 1. The number of phenolic OH excluding ortho intramolecular Hbond substituents is 2. The van der Waals surface area contributed by atoms with E-state index in [1.807, 2.05) is 29.5 Å². The molecule has 4 aliphatic rings. The van der Waals surface area contributed by atoms with Crippen LogP contribution in [0.25, 0.3) is 0 Å². The summed E-state index contributed by atoms with van der Waals surface area (Å²) in [6.45, 7) is -2.76. The van der Waals surface area contributed by atoms with Crippen LogP contribution in [0, 0.1) is 0 Å². The Morgan fingerprint density at radius 2 is 1.43 bits per heavy atom. The number of hydrogen-bond acceptors (Lipinski definition) is 14. The number of hydrogen-bond donors (Lipinski definition) is 6. The van der Waals surface area contributed by atoms with Crippen LogP contribution in [0.1, 0.15) is 53.7 Å². The van der Waals surface area contributed by atoms with E-state index < -0.39 is 37.2 Å². The van der Waals surface area contributed by atoms with Gasteiger partial charge in [0.2, 0.25) is 0 Å². The quantitative estimate of drug-likeness (QED) is 0.0562. The molecule has 1 spiro atoms. The summed E-state index contributed by atoms with van der Waals surface area (Å²) >= 11 is 7.94. The summed E-state index contributed by atoms with van der Waals surface area (Å²) < 4.78 is 63.7. The van der Waals surface area contributed by atoms with Crippen LogP contribution in [-0.4, -0.2) is 105 Å². The number of rotatable bonds is 14. The zero-order valence-electron chi connectivity index (χ0n) is 32.8. The Balaban J connectivity index is 1.01. The lowest BCUT2D eigenvalue weighted by atomic mass is 9.77. The number of anilines is 1. The largest absolute Gasteiger partial charge is 0.508 e. The van der Waals surface area contributed by atoms with Gasteiger partial charge in [0.05, 0.1) is 30.9 Å². The summed E-state index contributed by atoms with van der Waals surface area (Å²) in [4.78, 5) is 13.6. The van der Waals surface area contributed by atoms with Gasteiger partial charge in [-0.25, -0.2) is 15.0 Å². The number of ether oxygens (including phenoxy) is 4. The van der Waals surface area contributed by atoms with Crippen molar-refractivity contribution in [2.75, 3.05) is 31.0 Å². The van der Waals surface area contributed by atoms with Gasteiger partial charge in [0, 0.05) is 58.6 Å². The smallest absolute Gasteiger partial charge is 0.340 e. The Morgan fingerprint density at radius 3 is 2.02 bits per heavy atom. The summed E-state index contributed by atoms with van der Waals surface area (Å²) in [7, 11) is 3.87. The predicted octanol–water partition coefficient (Wildman–Crippen LogP) is 4.75. The van der Waals surface area contributed by atoms with Crippen molar-refractivity contribution >= 4 is 80.9 Å². The van der Waals surface area contributed by atoms with Crippen LogP contribution >= 0.6 is 48.4 Å². The highest BCUT2D eigenvalue weighted by Gasteiger charge is 2.54. The van der Waals surface area contributed by atoms with Gasteiger partial charge in [0.1, 0.15) is 44.8 Å². The van der Waals surface area contributed by atoms with Crippen molar-refractivity contribution in [2.24, 2.45) is 0 Å². The number of esters is 1. The van der Waals surface area contributed by atoms with Crippen molar-refractivity contribution in [3.8, 4) is 23.0 Å². The number of aromatic hydroxyl groups is 2. The monoisotopic (exact) mass is 890 g/mol. The maximum atomic E-state index is 14.1. The molecule has 4 heterocycles. The third-order valence-electron chi connectivity index (χ3n) is 10.3. The lowest BCUT2D eigenvalue weighted by Gasteiger charge is -2.36. The molecule has 0 aromatic heterocycles. The van der Waals surface area contributed by atoms with Crippen LogP contribution in [-0.2, 0) is 38.0 Å². The Kier molecular flexibility index (Phi) is 13.0. The van der Waals surface area contributed by atoms with E-state index in [1.165, 1.54) is 24.3 Å². The minimum absolute atomic E-state index is 0.00893. The molecule has 0 bridgehead atoms. The fourth-order valence-electron chi connectivity index (χ4n) is 7.78. The van der Waals surface area contributed by atoms with Crippen molar-refractivity contribution in [3.05, 3.63) is 76.9 Å². The highest BCUT2D eigenvalue weighted by Crippen LogP contribution is 2.59. The second kappa shape index (κ2) is 17.3. The molecule has 4 aliphatic heterocycles. The molecule has 8 atom stereocenters. The number of nitrogens with one attached hydrogen (secondary N) is 4. The van der Waals surface area contributed by atoms with Crippen molar-refractivity contribution in [1.82, 2.24) is 15.5 Å². The molecule has 0 saturated carbocycles. The van der Waals surface area contributed by atoms with E-state index in [1.54, 1.807) is 42.8 Å². The number of phenols is 2. The molecule has 2 saturated heterocycles. The Morgan fingerprint density at radius 1 is 0.879 bits per heavy atom. The van der Waals surface area contributed by atoms with E-state index in [0.29, 0.717) is 40.8 Å². The number of fused-ring (bicyclic) bond motifs is 6. The molecule has 58 heavy (non-hydrogen) atoms. The first-order chi connectivity index (χ1) is 27.5. The molecule has 8 unspecified atom stereocenters. The van der Waals surface area contributed by atoms with Crippen LogP contribution < -0.4 is 25.5 Å². The lowest BCUT2D eigenvalue weighted by Crippen LogP contribution is -2.44. The van der Waals surface area contributed by atoms with E-state index in [2.05, 4.69) is 20.8 Å².